The zero-order valence-electron chi connectivity index (χ0n) is 9.12. The van der Waals surface area contributed by atoms with Gasteiger partial charge in [0.05, 0.1) is 0 Å². The molecule has 1 saturated heterocycles. The monoisotopic (exact) mass is 196 g/mol. The molecule has 0 bridgehead atoms. The summed E-state index contributed by atoms with van der Waals surface area (Å²) in [4.78, 5) is 13.8. The minimum atomic E-state index is 0.149. The molecular formula is C11H20N2O. The summed E-state index contributed by atoms with van der Waals surface area (Å²) in [5, 5.41) is 3.20. The summed E-state index contributed by atoms with van der Waals surface area (Å²) in [6, 6.07) is 0. The fourth-order valence-electron chi connectivity index (χ4n) is 1.68. The van der Waals surface area contributed by atoms with Crippen molar-refractivity contribution in [2.45, 2.75) is 13.8 Å². The number of hydrogen-bond acceptors (Lipinski definition) is 2. The minimum Gasteiger partial charge on any atom is -0.339 e. The zero-order chi connectivity index (χ0) is 10.6. The van der Waals surface area contributed by atoms with Crippen LogP contribution in [0.4, 0.5) is 0 Å². The van der Waals surface area contributed by atoms with E-state index in [9.17, 15) is 4.79 Å². The molecule has 3 heteroatoms. The SMILES string of the molecule is C=CCN(CC)C(=O)C(C)C1CNC1. The molecule has 1 aliphatic heterocycles. The minimum absolute atomic E-state index is 0.149. The third kappa shape index (κ3) is 2.35. The molecule has 1 heterocycles. The Hall–Kier alpha value is -0.830. The largest absolute Gasteiger partial charge is 0.339 e. The highest BCUT2D eigenvalue weighted by Crippen LogP contribution is 2.18. The second-order valence-corrected chi connectivity index (χ2v) is 3.87. The van der Waals surface area contributed by atoms with Crippen LogP contribution in [0.1, 0.15) is 13.8 Å². The van der Waals surface area contributed by atoms with E-state index in [0.717, 1.165) is 19.6 Å². The summed E-state index contributed by atoms with van der Waals surface area (Å²) in [5.41, 5.74) is 0. The van der Waals surface area contributed by atoms with Crippen LogP contribution in [0.3, 0.4) is 0 Å². The van der Waals surface area contributed by atoms with Crippen LogP contribution in [-0.4, -0.2) is 37.0 Å². The van der Waals surface area contributed by atoms with Crippen LogP contribution in [0, 0.1) is 11.8 Å². The lowest BCUT2D eigenvalue weighted by molar-refractivity contribution is -0.136. The summed E-state index contributed by atoms with van der Waals surface area (Å²) >= 11 is 0. The standard InChI is InChI=1S/C11H20N2O/c1-4-6-13(5-2)11(14)9(3)10-7-12-8-10/h4,9-10,12H,1,5-8H2,2-3H3. The van der Waals surface area contributed by atoms with Crippen molar-refractivity contribution >= 4 is 5.91 Å². The van der Waals surface area contributed by atoms with Gasteiger partial charge < -0.3 is 10.2 Å². The van der Waals surface area contributed by atoms with E-state index >= 15 is 0 Å². The van der Waals surface area contributed by atoms with E-state index in [4.69, 9.17) is 0 Å². The van der Waals surface area contributed by atoms with Crippen molar-refractivity contribution in [3.8, 4) is 0 Å². The Morgan fingerprint density at radius 3 is 2.71 bits per heavy atom. The molecule has 1 fully saturated rings. The van der Waals surface area contributed by atoms with Gasteiger partial charge >= 0.3 is 0 Å². The molecule has 1 N–H and O–H groups in total. The normalized spacial score (nSPS) is 18.4. The van der Waals surface area contributed by atoms with Gasteiger partial charge in [-0.15, -0.1) is 6.58 Å². The van der Waals surface area contributed by atoms with Gasteiger partial charge in [0.2, 0.25) is 5.91 Å². The fourth-order valence-corrected chi connectivity index (χ4v) is 1.68. The number of nitrogens with one attached hydrogen (secondary N) is 1. The number of hydrogen-bond donors (Lipinski definition) is 1. The van der Waals surface area contributed by atoms with Gasteiger partial charge in [-0.1, -0.05) is 13.0 Å². The third-order valence-corrected chi connectivity index (χ3v) is 2.95. The van der Waals surface area contributed by atoms with Gasteiger partial charge in [0, 0.05) is 19.0 Å². The maximum Gasteiger partial charge on any atom is 0.226 e. The molecule has 1 amide bonds. The molecule has 3 nitrogen and oxygen atoms in total. The Balaban J connectivity index is 2.47. The number of carbonyl (C=O) groups is 1. The Bertz CT molecular complexity index is 211. The highest BCUT2D eigenvalue weighted by atomic mass is 16.2. The highest BCUT2D eigenvalue weighted by molar-refractivity contribution is 5.79. The van der Waals surface area contributed by atoms with Crippen LogP contribution in [0.2, 0.25) is 0 Å². The molecule has 1 aliphatic rings. The van der Waals surface area contributed by atoms with Crippen LogP contribution in [0.5, 0.6) is 0 Å². The van der Waals surface area contributed by atoms with E-state index in [1.165, 1.54) is 0 Å². The molecule has 0 aromatic rings. The van der Waals surface area contributed by atoms with E-state index in [2.05, 4.69) is 11.9 Å². The molecular weight excluding hydrogens is 176 g/mol. The van der Waals surface area contributed by atoms with E-state index in [1.807, 2.05) is 18.7 Å². The van der Waals surface area contributed by atoms with Crippen LogP contribution in [0.15, 0.2) is 12.7 Å². The Morgan fingerprint density at radius 2 is 2.36 bits per heavy atom. The van der Waals surface area contributed by atoms with Gasteiger partial charge in [-0.25, -0.2) is 0 Å². The third-order valence-electron chi connectivity index (χ3n) is 2.95. The summed E-state index contributed by atoms with van der Waals surface area (Å²) in [6.07, 6.45) is 1.78. The van der Waals surface area contributed by atoms with Gasteiger partial charge in [-0.3, -0.25) is 4.79 Å². The van der Waals surface area contributed by atoms with Gasteiger partial charge in [-0.05, 0) is 25.9 Å². The van der Waals surface area contributed by atoms with Crippen molar-refractivity contribution in [2.24, 2.45) is 11.8 Å². The first-order chi connectivity index (χ1) is 6.70. The van der Waals surface area contributed by atoms with E-state index in [0.29, 0.717) is 12.5 Å². The fraction of sp³-hybridized carbons (Fsp3) is 0.727. The predicted octanol–water partition coefficient (Wildman–Crippen LogP) is 0.876. The van der Waals surface area contributed by atoms with E-state index in [-0.39, 0.29) is 11.8 Å². The van der Waals surface area contributed by atoms with Crippen molar-refractivity contribution in [3.63, 3.8) is 0 Å². The van der Waals surface area contributed by atoms with Crippen LogP contribution < -0.4 is 5.32 Å². The van der Waals surface area contributed by atoms with E-state index < -0.39 is 0 Å². The quantitative estimate of drug-likeness (QED) is 0.662. The van der Waals surface area contributed by atoms with Gasteiger partial charge in [-0.2, -0.15) is 0 Å². The maximum atomic E-state index is 11.9. The number of carbonyl (C=O) groups excluding carboxylic acids is 1. The van der Waals surface area contributed by atoms with Crippen molar-refractivity contribution in [1.82, 2.24) is 10.2 Å². The first-order valence-electron chi connectivity index (χ1n) is 5.31. The molecule has 14 heavy (non-hydrogen) atoms. The molecule has 0 saturated carbocycles. The maximum absolute atomic E-state index is 11.9. The first kappa shape index (κ1) is 11.2. The molecule has 80 valence electrons. The van der Waals surface area contributed by atoms with E-state index in [1.54, 1.807) is 6.08 Å². The second-order valence-electron chi connectivity index (χ2n) is 3.87. The lowest BCUT2D eigenvalue weighted by atomic mass is 9.88. The second kappa shape index (κ2) is 5.15. The lowest BCUT2D eigenvalue weighted by Crippen LogP contribution is -2.50. The first-order valence-corrected chi connectivity index (χ1v) is 5.31. The van der Waals surface area contributed by atoms with Crippen molar-refractivity contribution < 1.29 is 4.79 Å². The van der Waals surface area contributed by atoms with Crippen LogP contribution >= 0.6 is 0 Å². The molecule has 0 aromatic carbocycles. The predicted molar refractivity (Wildman–Crippen MR) is 58.0 cm³/mol. The molecule has 1 unspecified atom stereocenters. The number of nitrogens with zero attached hydrogens (tertiary/aromatic N) is 1. The zero-order valence-corrected chi connectivity index (χ0v) is 9.12. The Labute approximate surface area is 86.2 Å². The highest BCUT2D eigenvalue weighted by Gasteiger charge is 2.30. The lowest BCUT2D eigenvalue weighted by Gasteiger charge is -2.34. The van der Waals surface area contributed by atoms with Crippen LogP contribution in [0.25, 0.3) is 0 Å². The summed E-state index contributed by atoms with van der Waals surface area (Å²) < 4.78 is 0. The van der Waals surface area contributed by atoms with Crippen molar-refractivity contribution in [1.29, 1.82) is 0 Å². The topological polar surface area (TPSA) is 32.3 Å². The Kier molecular flexibility index (Phi) is 4.14. The van der Waals surface area contributed by atoms with Gasteiger partial charge in [0.1, 0.15) is 0 Å². The average Bonchev–Trinajstić information content (AvgIpc) is 2.10. The molecule has 0 aromatic heterocycles. The van der Waals surface area contributed by atoms with Crippen molar-refractivity contribution in [3.05, 3.63) is 12.7 Å². The molecule has 1 atom stereocenters. The van der Waals surface area contributed by atoms with Gasteiger partial charge in [0.25, 0.3) is 0 Å². The smallest absolute Gasteiger partial charge is 0.226 e. The number of amides is 1. The molecule has 0 radical (unpaired) electrons. The molecule has 0 aliphatic carbocycles. The average molecular weight is 196 g/mol. The summed E-state index contributed by atoms with van der Waals surface area (Å²) in [7, 11) is 0. The Morgan fingerprint density at radius 1 is 1.71 bits per heavy atom. The van der Waals surface area contributed by atoms with Crippen molar-refractivity contribution in [2.75, 3.05) is 26.2 Å². The number of likely N-dealkylation sites (N-methyl/N-ethyl adjacent to an activating group) is 1. The summed E-state index contributed by atoms with van der Waals surface area (Å²) in [5.74, 6) is 0.941. The number of rotatable bonds is 5. The summed E-state index contributed by atoms with van der Waals surface area (Å²) in [6.45, 7) is 11.1. The van der Waals surface area contributed by atoms with Crippen LogP contribution in [-0.2, 0) is 4.79 Å². The molecule has 1 rings (SSSR count). The van der Waals surface area contributed by atoms with Gasteiger partial charge in [0.15, 0.2) is 0 Å². The molecule has 0 spiro atoms.